The summed E-state index contributed by atoms with van der Waals surface area (Å²) >= 11 is 0. The van der Waals surface area contributed by atoms with Crippen LogP contribution >= 0.6 is 0 Å². The first-order chi connectivity index (χ1) is 16.9. The van der Waals surface area contributed by atoms with E-state index >= 15 is 0 Å². The van der Waals surface area contributed by atoms with Crippen molar-refractivity contribution in [1.29, 1.82) is 0 Å². The largest absolute Gasteiger partial charge is 0.326 e. The van der Waals surface area contributed by atoms with Crippen molar-refractivity contribution < 1.29 is 21.6 Å². The highest BCUT2D eigenvalue weighted by Gasteiger charge is 2.20. The van der Waals surface area contributed by atoms with Gasteiger partial charge in [-0.3, -0.25) is 13.8 Å². The second-order valence-corrected chi connectivity index (χ2v) is 12.3. The fraction of sp³-hybridized carbons (Fsp3) is 0.269. The van der Waals surface area contributed by atoms with Crippen LogP contribution in [-0.2, 0) is 24.8 Å². The van der Waals surface area contributed by atoms with Crippen molar-refractivity contribution in [3.8, 4) is 0 Å². The summed E-state index contributed by atoms with van der Waals surface area (Å²) in [7, 11) is -7.30. The summed E-state index contributed by atoms with van der Waals surface area (Å²) in [6.07, 6.45) is 1.57. The molecule has 192 valence electrons. The van der Waals surface area contributed by atoms with Gasteiger partial charge >= 0.3 is 0 Å². The summed E-state index contributed by atoms with van der Waals surface area (Å²) < 4.78 is 54.0. The van der Waals surface area contributed by atoms with E-state index in [0.717, 1.165) is 22.9 Å². The Bertz CT molecular complexity index is 1450. The number of nitrogens with zero attached hydrogens (tertiary/aromatic N) is 1. The van der Waals surface area contributed by atoms with Crippen molar-refractivity contribution in [1.82, 2.24) is 0 Å². The third-order valence-electron chi connectivity index (χ3n) is 5.64. The fourth-order valence-corrected chi connectivity index (χ4v) is 5.81. The minimum atomic E-state index is -3.78. The van der Waals surface area contributed by atoms with E-state index in [2.05, 4.69) is 10.0 Å². The molecular weight excluding hydrogens is 498 g/mol. The zero-order valence-electron chi connectivity index (χ0n) is 20.8. The quantitative estimate of drug-likeness (QED) is 0.399. The predicted molar refractivity (Wildman–Crippen MR) is 144 cm³/mol. The summed E-state index contributed by atoms with van der Waals surface area (Å²) in [6, 6.07) is 18.6. The van der Waals surface area contributed by atoms with E-state index in [4.69, 9.17) is 0 Å². The molecule has 0 fully saturated rings. The first-order valence-electron chi connectivity index (χ1n) is 11.4. The van der Waals surface area contributed by atoms with Gasteiger partial charge in [-0.1, -0.05) is 30.3 Å². The summed E-state index contributed by atoms with van der Waals surface area (Å²) in [5, 5.41) is 2.73. The topological polar surface area (TPSA) is 113 Å². The average molecular weight is 530 g/mol. The molecule has 0 aliphatic heterocycles. The van der Waals surface area contributed by atoms with Crippen molar-refractivity contribution in [2.24, 2.45) is 0 Å². The van der Waals surface area contributed by atoms with E-state index in [1.807, 2.05) is 51.1 Å². The minimum absolute atomic E-state index is 0.0704. The van der Waals surface area contributed by atoms with Gasteiger partial charge in [-0.2, -0.15) is 0 Å². The SMILES string of the molecule is Cc1ccc(C)c(N(CCCC(=O)Nc2ccc(S(=O)(=O)Nc3ccccc3C)cc2)S(C)(=O)=O)c1. The Morgan fingerprint density at radius 3 is 2.17 bits per heavy atom. The third-order valence-corrected chi connectivity index (χ3v) is 8.20. The van der Waals surface area contributed by atoms with Crippen molar-refractivity contribution in [3.05, 3.63) is 83.4 Å². The standard InChI is InChI=1S/C26H31N3O5S2/c1-19-11-12-21(3)25(18-19)29(35(4,31)32)17-7-10-26(30)27-22-13-15-23(16-14-22)36(33,34)28-24-9-6-5-8-20(24)2/h5-6,8-9,11-16,18,28H,7,10,17H2,1-4H3,(H,27,30). The Balaban J connectivity index is 1.60. The maximum Gasteiger partial charge on any atom is 0.261 e. The Labute approximate surface area is 213 Å². The number of nitrogens with one attached hydrogen (secondary N) is 2. The van der Waals surface area contributed by atoms with Crippen LogP contribution in [0.3, 0.4) is 0 Å². The smallest absolute Gasteiger partial charge is 0.261 e. The van der Waals surface area contributed by atoms with E-state index < -0.39 is 20.0 Å². The number of rotatable bonds is 10. The Kier molecular flexibility index (Phi) is 8.42. The van der Waals surface area contributed by atoms with Gasteiger partial charge in [-0.05, 0) is 80.3 Å². The molecule has 8 nitrogen and oxygen atoms in total. The number of para-hydroxylation sites is 1. The maximum atomic E-state index is 12.7. The van der Waals surface area contributed by atoms with Crippen molar-refractivity contribution in [2.45, 2.75) is 38.5 Å². The number of carbonyl (C=O) groups is 1. The van der Waals surface area contributed by atoms with Crippen LogP contribution in [0.2, 0.25) is 0 Å². The maximum absolute atomic E-state index is 12.7. The molecule has 3 aromatic rings. The lowest BCUT2D eigenvalue weighted by Crippen LogP contribution is -2.32. The van der Waals surface area contributed by atoms with Gasteiger partial charge in [0.2, 0.25) is 15.9 Å². The number of amides is 1. The van der Waals surface area contributed by atoms with Gasteiger partial charge < -0.3 is 5.32 Å². The number of carbonyl (C=O) groups excluding carboxylic acids is 1. The summed E-state index contributed by atoms with van der Waals surface area (Å²) in [4.78, 5) is 12.5. The number of anilines is 3. The lowest BCUT2D eigenvalue weighted by atomic mass is 10.1. The van der Waals surface area contributed by atoms with E-state index in [-0.39, 0.29) is 23.8 Å². The number of hydrogen-bond donors (Lipinski definition) is 2. The molecule has 3 aromatic carbocycles. The van der Waals surface area contributed by atoms with Crippen molar-refractivity contribution >= 4 is 43.0 Å². The second kappa shape index (κ2) is 11.1. The number of aryl methyl sites for hydroxylation is 3. The molecule has 0 aliphatic carbocycles. The molecule has 1 amide bonds. The van der Waals surface area contributed by atoms with Gasteiger partial charge in [-0.15, -0.1) is 0 Å². The van der Waals surface area contributed by atoms with Crippen LogP contribution in [0.1, 0.15) is 29.5 Å². The van der Waals surface area contributed by atoms with E-state index in [9.17, 15) is 21.6 Å². The van der Waals surface area contributed by atoms with Gasteiger partial charge in [0.1, 0.15) is 0 Å². The van der Waals surface area contributed by atoms with Gasteiger partial charge in [0.25, 0.3) is 10.0 Å². The highest BCUT2D eigenvalue weighted by atomic mass is 32.2. The molecule has 0 bridgehead atoms. The molecule has 2 N–H and O–H groups in total. The van der Waals surface area contributed by atoms with Crippen LogP contribution in [0.4, 0.5) is 17.1 Å². The molecule has 0 aromatic heterocycles. The normalized spacial score (nSPS) is 11.7. The second-order valence-electron chi connectivity index (χ2n) is 8.72. The van der Waals surface area contributed by atoms with Crippen LogP contribution in [-0.4, -0.2) is 35.5 Å². The highest BCUT2D eigenvalue weighted by Crippen LogP contribution is 2.25. The van der Waals surface area contributed by atoms with Crippen LogP contribution in [0.5, 0.6) is 0 Å². The molecule has 3 rings (SSSR count). The van der Waals surface area contributed by atoms with E-state index in [0.29, 0.717) is 23.5 Å². The molecule has 0 aliphatic rings. The number of hydrogen-bond acceptors (Lipinski definition) is 5. The first kappa shape index (κ1) is 27.2. The number of sulfonamides is 2. The molecule has 0 saturated heterocycles. The van der Waals surface area contributed by atoms with Crippen molar-refractivity contribution in [3.63, 3.8) is 0 Å². The molecule has 0 saturated carbocycles. The summed E-state index contributed by atoms with van der Waals surface area (Å²) in [6.45, 7) is 5.72. The van der Waals surface area contributed by atoms with Gasteiger partial charge in [0.05, 0.1) is 22.5 Å². The van der Waals surface area contributed by atoms with Gasteiger partial charge in [-0.25, -0.2) is 16.8 Å². The average Bonchev–Trinajstić information content (AvgIpc) is 2.79. The zero-order chi connectivity index (χ0) is 26.5. The zero-order valence-corrected chi connectivity index (χ0v) is 22.4. The number of benzene rings is 3. The van der Waals surface area contributed by atoms with Gasteiger partial charge in [0, 0.05) is 18.7 Å². The third kappa shape index (κ3) is 7.08. The Morgan fingerprint density at radius 1 is 0.861 bits per heavy atom. The van der Waals surface area contributed by atoms with Crippen LogP contribution in [0.25, 0.3) is 0 Å². The molecule has 36 heavy (non-hydrogen) atoms. The fourth-order valence-electron chi connectivity index (χ4n) is 3.67. The lowest BCUT2D eigenvalue weighted by Gasteiger charge is -2.24. The van der Waals surface area contributed by atoms with Gasteiger partial charge in [0.15, 0.2) is 0 Å². The minimum Gasteiger partial charge on any atom is -0.326 e. The molecule has 0 unspecified atom stereocenters. The van der Waals surface area contributed by atoms with Crippen molar-refractivity contribution in [2.75, 3.05) is 27.1 Å². The van der Waals surface area contributed by atoms with E-state index in [1.165, 1.54) is 28.6 Å². The van der Waals surface area contributed by atoms with Crippen LogP contribution < -0.4 is 14.3 Å². The first-order valence-corrected chi connectivity index (χ1v) is 14.7. The molecule has 10 heteroatoms. The Hall–Kier alpha value is -3.37. The predicted octanol–water partition coefficient (Wildman–Crippen LogP) is 4.60. The summed E-state index contributed by atoms with van der Waals surface area (Å²) in [5.41, 5.74) is 4.14. The molecule has 0 radical (unpaired) electrons. The summed E-state index contributed by atoms with van der Waals surface area (Å²) in [5.74, 6) is -0.293. The highest BCUT2D eigenvalue weighted by molar-refractivity contribution is 7.92. The molecule has 0 heterocycles. The molecule has 0 atom stereocenters. The lowest BCUT2D eigenvalue weighted by molar-refractivity contribution is -0.116. The monoisotopic (exact) mass is 529 g/mol. The van der Waals surface area contributed by atoms with Crippen LogP contribution in [0.15, 0.2) is 71.6 Å². The van der Waals surface area contributed by atoms with E-state index in [1.54, 1.807) is 12.1 Å². The molecular formula is C26H31N3O5S2. The van der Waals surface area contributed by atoms with Crippen LogP contribution in [0, 0.1) is 20.8 Å². The Morgan fingerprint density at radius 2 is 1.53 bits per heavy atom. The molecule has 0 spiro atoms.